The minimum absolute atomic E-state index is 0. The van der Waals surface area contributed by atoms with Gasteiger partial charge in [-0.2, -0.15) is 0 Å². The normalized spacial score (nSPS) is 11.2. The molecule has 0 nitrogen and oxygen atoms in total. The summed E-state index contributed by atoms with van der Waals surface area (Å²) < 4.78 is 0. The summed E-state index contributed by atoms with van der Waals surface area (Å²) in [5.74, 6) is 0. The Morgan fingerprint density at radius 2 is 0.396 bits per heavy atom. The fraction of sp³-hybridized carbons (Fsp3) is 0.0455. The Labute approximate surface area is 321 Å². The largest absolute Gasteiger partial charge is 1.00 e. The molecule has 0 unspecified atom stereocenters. The third-order valence-corrected chi connectivity index (χ3v) is 17.8. The van der Waals surface area contributed by atoms with E-state index in [4.69, 9.17) is 0 Å². The molecule has 7 aromatic rings. The Morgan fingerprint density at radius 1 is 0.229 bits per heavy atom. The highest BCUT2D eigenvalue weighted by Crippen LogP contribution is 2.61. The summed E-state index contributed by atoms with van der Waals surface area (Å²) in [6.07, 6.45) is 1.92. The van der Waals surface area contributed by atoms with Crippen molar-refractivity contribution in [3.63, 3.8) is 0 Å². The van der Waals surface area contributed by atoms with Crippen LogP contribution in [0, 0.1) is 0 Å². The Kier molecular flexibility index (Phi) is 12.8. The van der Waals surface area contributed by atoms with E-state index in [-0.39, 0.29) is 48.0 Å². The smallest absolute Gasteiger partial charge is 0.116 e. The summed E-state index contributed by atoms with van der Waals surface area (Å²) in [5, 5.41) is 8.49. The van der Waals surface area contributed by atoms with Crippen LogP contribution in [0.25, 0.3) is 0 Å². The van der Waals surface area contributed by atoms with E-state index < -0.39 is 14.5 Å². The van der Waals surface area contributed by atoms with Gasteiger partial charge in [-0.15, -0.1) is 0 Å². The first-order chi connectivity index (χ1) is 22.8. The summed E-state index contributed by atoms with van der Waals surface area (Å²) in [5.41, 5.74) is 2.86. The molecule has 7 rings (SSSR count). The van der Waals surface area contributed by atoms with E-state index in [1.165, 1.54) is 43.0 Å². The second-order valence-electron chi connectivity index (χ2n) is 11.7. The van der Waals surface area contributed by atoms with E-state index >= 15 is 0 Å². The van der Waals surface area contributed by atoms with E-state index in [2.05, 4.69) is 206 Å². The van der Waals surface area contributed by atoms with Crippen molar-refractivity contribution in [2.45, 2.75) is 12.3 Å². The number of halogens is 2. The molecule has 0 spiro atoms. The maximum absolute atomic E-state index is 2.40. The van der Waals surface area contributed by atoms with Gasteiger partial charge in [0.15, 0.2) is 0 Å². The standard InChI is InChI=1S/C44H38P2.2HI/c1-7-23-39(24-8-1)45(40-25-9-2-10-26-40,41-27-11-3-12-28-41)35-37-21-19-20-22-38(37)36-46(42-29-13-4-14-30-42,43-31-15-5-16-32-43)44-33-17-6-18-34-44;;/h1-34H,35-36H2;2*1H/q+2;;/p-2. The highest BCUT2D eigenvalue weighted by Gasteiger charge is 2.48. The van der Waals surface area contributed by atoms with Crippen LogP contribution < -0.4 is 79.8 Å². The maximum Gasteiger partial charge on any atom is 0.116 e. The van der Waals surface area contributed by atoms with Gasteiger partial charge in [-0.1, -0.05) is 133 Å². The minimum Gasteiger partial charge on any atom is -1.00 e. The summed E-state index contributed by atoms with van der Waals surface area (Å²) in [6.45, 7) is 0. The lowest BCUT2D eigenvalue weighted by Gasteiger charge is -2.31. The monoisotopic (exact) mass is 882 g/mol. The van der Waals surface area contributed by atoms with E-state index in [0.29, 0.717) is 0 Å². The van der Waals surface area contributed by atoms with Crippen LogP contribution in [0.2, 0.25) is 0 Å². The van der Waals surface area contributed by atoms with Gasteiger partial charge in [0.25, 0.3) is 0 Å². The van der Waals surface area contributed by atoms with Crippen LogP contribution in [0.15, 0.2) is 206 Å². The van der Waals surface area contributed by atoms with Gasteiger partial charge >= 0.3 is 0 Å². The van der Waals surface area contributed by atoms with Gasteiger partial charge in [0.2, 0.25) is 0 Å². The SMILES string of the molecule is [I-].[I-].c1ccc([P+](Cc2ccccc2C[P+](c2ccccc2)(c2ccccc2)c2ccccc2)(c2ccccc2)c2ccccc2)cc1. The maximum atomic E-state index is 2.40. The Morgan fingerprint density at radius 3 is 0.583 bits per heavy atom. The molecule has 4 heteroatoms. The van der Waals surface area contributed by atoms with Crippen molar-refractivity contribution in [2.24, 2.45) is 0 Å². The molecule has 0 aliphatic heterocycles. The summed E-state index contributed by atoms with van der Waals surface area (Å²) >= 11 is 0. The molecule has 48 heavy (non-hydrogen) atoms. The van der Waals surface area contributed by atoms with Crippen LogP contribution in [-0.2, 0) is 12.3 Å². The predicted molar refractivity (Wildman–Crippen MR) is 204 cm³/mol. The van der Waals surface area contributed by atoms with Crippen LogP contribution in [0.1, 0.15) is 11.1 Å². The second kappa shape index (κ2) is 17.0. The average molecular weight is 883 g/mol. The zero-order valence-electron chi connectivity index (χ0n) is 26.7. The third-order valence-electron chi connectivity index (χ3n) is 9.12. The molecule has 0 saturated heterocycles. The summed E-state index contributed by atoms with van der Waals surface area (Å²) in [4.78, 5) is 0. The molecule has 0 fully saturated rings. The number of rotatable bonds is 10. The number of hydrogen-bond acceptors (Lipinski definition) is 0. The van der Waals surface area contributed by atoms with E-state index in [0.717, 1.165) is 12.3 Å². The number of benzene rings is 7. The van der Waals surface area contributed by atoms with Crippen LogP contribution in [0.5, 0.6) is 0 Å². The molecule has 0 aromatic heterocycles. The lowest BCUT2D eigenvalue weighted by molar-refractivity contribution is -0.001000. The Hall–Kier alpha value is -3.14. The molecule has 7 aromatic carbocycles. The van der Waals surface area contributed by atoms with Gasteiger partial charge in [-0.05, 0) is 83.9 Å². The van der Waals surface area contributed by atoms with Gasteiger partial charge in [0.1, 0.15) is 46.4 Å². The molecule has 0 N–H and O–H groups in total. The third kappa shape index (κ3) is 7.24. The zero-order valence-corrected chi connectivity index (χ0v) is 32.8. The highest BCUT2D eigenvalue weighted by molar-refractivity contribution is 7.95. The molecule has 238 valence electrons. The summed E-state index contributed by atoms with van der Waals surface area (Å²) in [6, 6.07) is 76.8. The first-order valence-electron chi connectivity index (χ1n) is 16.0. The van der Waals surface area contributed by atoms with Crippen molar-refractivity contribution in [1.29, 1.82) is 0 Å². The molecule has 0 atom stereocenters. The van der Waals surface area contributed by atoms with Gasteiger partial charge in [0.05, 0.1) is 12.3 Å². The molecule has 0 bridgehead atoms. The molecule has 0 heterocycles. The average Bonchev–Trinajstić information content (AvgIpc) is 3.15. The van der Waals surface area contributed by atoms with Crippen LogP contribution >= 0.6 is 14.5 Å². The lowest BCUT2D eigenvalue weighted by atomic mass is 10.1. The molecule has 0 radical (unpaired) electrons. The first-order valence-corrected chi connectivity index (χ1v) is 19.9. The van der Waals surface area contributed by atoms with Crippen molar-refractivity contribution in [2.75, 3.05) is 0 Å². The van der Waals surface area contributed by atoms with Gasteiger partial charge in [-0.3, -0.25) is 0 Å². The zero-order chi connectivity index (χ0) is 31.1. The van der Waals surface area contributed by atoms with Crippen molar-refractivity contribution in [3.8, 4) is 0 Å². The van der Waals surface area contributed by atoms with Crippen molar-refractivity contribution >= 4 is 46.4 Å². The highest BCUT2D eigenvalue weighted by atomic mass is 127. The Bertz CT molecular complexity index is 1630. The fourth-order valence-corrected chi connectivity index (χ4v) is 15.5. The predicted octanol–water partition coefficient (Wildman–Crippen LogP) is 2.68. The second-order valence-corrected chi connectivity index (χ2v) is 18.7. The molecule has 0 saturated carbocycles. The molecule has 0 aliphatic carbocycles. The molecule has 0 aliphatic rings. The quantitative estimate of drug-likeness (QED) is 0.147. The van der Waals surface area contributed by atoms with Crippen LogP contribution in [0.4, 0.5) is 0 Å². The van der Waals surface area contributed by atoms with E-state index in [1.807, 2.05) is 0 Å². The molecular formula is C44H38I2P2. The van der Waals surface area contributed by atoms with E-state index in [1.54, 1.807) is 0 Å². The van der Waals surface area contributed by atoms with Crippen molar-refractivity contribution in [3.05, 3.63) is 217 Å². The van der Waals surface area contributed by atoms with Gasteiger partial charge in [-0.25, -0.2) is 0 Å². The molecular weight excluding hydrogens is 844 g/mol. The Balaban J connectivity index is 0.00000225. The first kappa shape index (κ1) is 36.1. The lowest BCUT2D eigenvalue weighted by Crippen LogP contribution is -3.00. The topological polar surface area (TPSA) is 0 Å². The van der Waals surface area contributed by atoms with Crippen LogP contribution in [-0.4, -0.2) is 0 Å². The van der Waals surface area contributed by atoms with Crippen LogP contribution in [0.3, 0.4) is 0 Å². The van der Waals surface area contributed by atoms with E-state index in [9.17, 15) is 0 Å². The van der Waals surface area contributed by atoms with Crippen molar-refractivity contribution in [1.82, 2.24) is 0 Å². The fourth-order valence-electron chi connectivity index (χ4n) is 6.91. The van der Waals surface area contributed by atoms with Crippen molar-refractivity contribution < 1.29 is 48.0 Å². The summed E-state index contributed by atoms with van der Waals surface area (Å²) in [7, 11) is -4.14. The molecule has 0 amide bonds. The minimum atomic E-state index is -2.07. The number of hydrogen-bond donors (Lipinski definition) is 0. The van der Waals surface area contributed by atoms with Gasteiger partial charge < -0.3 is 48.0 Å². The van der Waals surface area contributed by atoms with Gasteiger partial charge in [0, 0.05) is 0 Å².